The van der Waals surface area contributed by atoms with Gasteiger partial charge in [-0.15, -0.1) is 0 Å². The van der Waals surface area contributed by atoms with Gasteiger partial charge in [0.15, 0.2) is 5.11 Å². The summed E-state index contributed by atoms with van der Waals surface area (Å²) in [6.07, 6.45) is 1.63. The van der Waals surface area contributed by atoms with Gasteiger partial charge >= 0.3 is 0 Å². The summed E-state index contributed by atoms with van der Waals surface area (Å²) in [5.74, 6) is -0.295. The van der Waals surface area contributed by atoms with Crippen molar-refractivity contribution >= 4 is 52.5 Å². The molecular formula is C14H10Cl2N4OS. The number of thiocarbonyl (C=S) groups is 1. The molecule has 5 nitrogen and oxygen atoms in total. The zero-order valence-corrected chi connectivity index (χ0v) is 13.7. The number of aryl methyl sites for hydroxylation is 1. The van der Waals surface area contributed by atoms with Crippen LogP contribution in [0.1, 0.15) is 11.3 Å². The Labute approximate surface area is 141 Å². The van der Waals surface area contributed by atoms with E-state index >= 15 is 0 Å². The molecule has 22 heavy (non-hydrogen) atoms. The van der Waals surface area contributed by atoms with Crippen molar-refractivity contribution in [2.45, 2.75) is 6.92 Å². The van der Waals surface area contributed by atoms with Crippen molar-refractivity contribution in [3.8, 4) is 5.69 Å². The minimum atomic E-state index is -0.295. The van der Waals surface area contributed by atoms with Crippen LogP contribution in [0.15, 0.2) is 30.0 Å². The van der Waals surface area contributed by atoms with Gasteiger partial charge in [0.1, 0.15) is 10.9 Å². The summed E-state index contributed by atoms with van der Waals surface area (Å²) >= 11 is 17.3. The zero-order chi connectivity index (χ0) is 15.9. The molecule has 2 aromatic rings. The number of nitrogens with one attached hydrogen (secondary N) is 2. The molecular weight excluding hydrogens is 343 g/mol. The Hall–Kier alpha value is -1.89. The Morgan fingerprint density at radius 3 is 2.73 bits per heavy atom. The molecule has 0 spiro atoms. The number of hydrogen-bond acceptors (Lipinski definition) is 3. The molecule has 3 rings (SSSR count). The number of halogens is 2. The van der Waals surface area contributed by atoms with Gasteiger partial charge in [-0.05, 0) is 43.4 Å². The minimum absolute atomic E-state index is 0.271. The Balaban J connectivity index is 2.06. The van der Waals surface area contributed by atoms with Gasteiger partial charge in [-0.2, -0.15) is 5.10 Å². The summed E-state index contributed by atoms with van der Waals surface area (Å²) in [4.78, 5) is 11.7. The topological polar surface area (TPSA) is 59.0 Å². The highest BCUT2D eigenvalue weighted by Gasteiger charge is 2.22. The van der Waals surface area contributed by atoms with Crippen LogP contribution in [0.3, 0.4) is 0 Å². The Kier molecular flexibility index (Phi) is 3.90. The Morgan fingerprint density at radius 1 is 1.32 bits per heavy atom. The number of hydrogen-bond donors (Lipinski definition) is 2. The van der Waals surface area contributed by atoms with Crippen LogP contribution in [0.25, 0.3) is 11.8 Å². The molecule has 1 saturated heterocycles. The molecule has 1 aliphatic rings. The molecule has 2 heterocycles. The van der Waals surface area contributed by atoms with E-state index in [1.165, 1.54) is 0 Å². The van der Waals surface area contributed by atoms with Gasteiger partial charge in [-0.3, -0.25) is 10.1 Å². The number of benzene rings is 1. The van der Waals surface area contributed by atoms with Gasteiger partial charge < -0.3 is 5.32 Å². The lowest BCUT2D eigenvalue weighted by Gasteiger charge is -2.03. The van der Waals surface area contributed by atoms with Crippen LogP contribution in [-0.2, 0) is 4.79 Å². The van der Waals surface area contributed by atoms with Crippen molar-refractivity contribution in [3.05, 3.63) is 51.4 Å². The number of aromatic nitrogens is 2. The van der Waals surface area contributed by atoms with Crippen LogP contribution in [0.4, 0.5) is 0 Å². The van der Waals surface area contributed by atoms with E-state index in [1.807, 2.05) is 19.1 Å². The van der Waals surface area contributed by atoms with E-state index in [4.69, 9.17) is 35.4 Å². The standard InChI is InChI=1S/C14H10Cl2N4OS/c1-7-10(6-11-13(21)18-14(22)17-11)12(16)20(19-7)9-4-2-3-8(15)5-9/h2-6H,1H3,(H2,17,18,21,22)/b11-6+. The maximum atomic E-state index is 11.7. The van der Waals surface area contributed by atoms with Crippen molar-refractivity contribution in [3.63, 3.8) is 0 Å². The molecule has 1 amide bonds. The van der Waals surface area contributed by atoms with Crippen molar-refractivity contribution < 1.29 is 4.79 Å². The Morgan fingerprint density at radius 2 is 2.09 bits per heavy atom. The zero-order valence-electron chi connectivity index (χ0n) is 11.4. The minimum Gasteiger partial charge on any atom is -0.328 e. The molecule has 0 aliphatic carbocycles. The molecule has 1 aromatic carbocycles. The first-order valence-corrected chi connectivity index (χ1v) is 7.47. The third-order valence-electron chi connectivity index (χ3n) is 3.11. The fraction of sp³-hybridized carbons (Fsp3) is 0.0714. The van der Waals surface area contributed by atoms with Crippen LogP contribution >= 0.6 is 35.4 Å². The number of rotatable bonds is 2. The first-order valence-electron chi connectivity index (χ1n) is 6.31. The average Bonchev–Trinajstić information content (AvgIpc) is 2.92. The van der Waals surface area contributed by atoms with Crippen molar-refractivity contribution in [1.29, 1.82) is 0 Å². The maximum Gasteiger partial charge on any atom is 0.273 e. The highest BCUT2D eigenvalue weighted by atomic mass is 35.5. The molecule has 112 valence electrons. The summed E-state index contributed by atoms with van der Waals surface area (Å²) in [7, 11) is 0. The molecule has 0 bridgehead atoms. The van der Waals surface area contributed by atoms with E-state index in [0.29, 0.717) is 27.1 Å². The molecule has 0 radical (unpaired) electrons. The predicted octanol–water partition coefficient (Wildman–Crippen LogP) is 2.83. The maximum absolute atomic E-state index is 11.7. The smallest absolute Gasteiger partial charge is 0.273 e. The SMILES string of the molecule is Cc1nn(-c2cccc(Cl)c2)c(Cl)c1/C=C1/NC(=S)NC1=O. The fourth-order valence-electron chi connectivity index (χ4n) is 2.08. The van der Waals surface area contributed by atoms with Crippen molar-refractivity contribution in [1.82, 2.24) is 20.4 Å². The highest BCUT2D eigenvalue weighted by molar-refractivity contribution is 7.80. The predicted molar refractivity (Wildman–Crippen MR) is 90.2 cm³/mol. The first-order chi connectivity index (χ1) is 10.5. The fourth-order valence-corrected chi connectivity index (χ4v) is 2.79. The quantitative estimate of drug-likeness (QED) is 0.644. The lowest BCUT2D eigenvalue weighted by molar-refractivity contribution is -0.115. The summed E-state index contributed by atoms with van der Waals surface area (Å²) in [5.41, 5.74) is 2.40. The number of carbonyl (C=O) groups excluding carboxylic acids is 1. The van der Waals surface area contributed by atoms with E-state index in [0.717, 1.165) is 5.69 Å². The van der Waals surface area contributed by atoms with Gasteiger partial charge in [0, 0.05) is 10.6 Å². The van der Waals surface area contributed by atoms with Crippen LogP contribution in [0.2, 0.25) is 10.2 Å². The number of carbonyl (C=O) groups is 1. The molecule has 1 aromatic heterocycles. The normalized spacial score (nSPS) is 16.0. The van der Waals surface area contributed by atoms with E-state index in [1.54, 1.807) is 22.9 Å². The van der Waals surface area contributed by atoms with Crippen molar-refractivity contribution in [2.24, 2.45) is 0 Å². The second-order valence-electron chi connectivity index (χ2n) is 4.65. The number of amides is 1. The lowest BCUT2D eigenvalue weighted by Crippen LogP contribution is -2.21. The molecule has 0 atom stereocenters. The molecule has 8 heteroatoms. The number of nitrogens with zero attached hydrogens (tertiary/aromatic N) is 2. The van der Waals surface area contributed by atoms with Gasteiger partial charge in [-0.25, -0.2) is 4.68 Å². The van der Waals surface area contributed by atoms with E-state index in [2.05, 4.69) is 15.7 Å². The lowest BCUT2D eigenvalue weighted by atomic mass is 10.2. The second kappa shape index (κ2) is 5.72. The van der Waals surface area contributed by atoms with E-state index < -0.39 is 0 Å². The summed E-state index contributed by atoms with van der Waals surface area (Å²) in [6, 6.07) is 7.18. The summed E-state index contributed by atoms with van der Waals surface area (Å²) < 4.78 is 1.57. The van der Waals surface area contributed by atoms with Crippen molar-refractivity contribution in [2.75, 3.05) is 0 Å². The third kappa shape index (κ3) is 2.72. The second-order valence-corrected chi connectivity index (χ2v) is 5.85. The van der Waals surface area contributed by atoms with E-state index in [-0.39, 0.29) is 11.0 Å². The third-order valence-corrected chi connectivity index (χ3v) is 3.91. The average molecular weight is 353 g/mol. The largest absolute Gasteiger partial charge is 0.328 e. The van der Waals surface area contributed by atoms with Gasteiger partial charge in [-0.1, -0.05) is 29.3 Å². The summed E-state index contributed by atoms with van der Waals surface area (Å²) in [6.45, 7) is 1.81. The molecule has 0 unspecified atom stereocenters. The van der Waals surface area contributed by atoms with Gasteiger partial charge in [0.2, 0.25) is 0 Å². The van der Waals surface area contributed by atoms with Crippen LogP contribution < -0.4 is 10.6 Å². The molecule has 2 N–H and O–H groups in total. The first kappa shape index (κ1) is 15.0. The Bertz CT molecular complexity index is 828. The van der Waals surface area contributed by atoms with E-state index in [9.17, 15) is 4.79 Å². The monoisotopic (exact) mass is 352 g/mol. The van der Waals surface area contributed by atoms with Gasteiger partial charge in [0.25, 0.3) is 5.91 Å². The van der Waals surface area contributed by atoms with Crippen LogP contribution in [-0.4, -0.2) is 20.8 Å². The molecule has 1 fully saturated rings. The van der Waals surface area contributed by atoms with Crippen LogP contribution in [0, 0.1) is 6.92 Å². The van der Waals surface area contributed by atoms with Crippen LogP contribution in [0.5, 0.6) is 0 Å². The molecule has 1 aliphatic heterocycles. The van der Waals surface area contributed by atoms with Gasteiger partial charge in [0.05, 0.1) is 11.4 Å². The summed E-state index contributed by atoms with van der Waals surface area (Å²) in [5, 5.41) is 10.9. The molecule has 0 saturated carbocycles. The highest BCUT2D eigenvalue weighted by Crippen LogP contribution is 2.26.